The Morgan fingerprint density at radius 2 is 0.738 bits per heavy atom. The summed E-state index contributed by atoms with van der Waals surface area (Å²) < 4.78 is 0. The Morgan fingerprint density at radius 3 is 1.28 bits per heavy atom. The minimum Gasteiger partial charge on any atom is -0.208 e. The lowest BCUT2D eigenvalue weighted by atomic mass is 9.67. The summed E-state index contributed by atoms with van der Waals surface area (Å²) in [6.45, 7) is 14.3. The molecule has 0 N–H and O–H groups in total. The third-order valence-electron chi connectivity index (χ3n) is 12.6. The van der Waals surface area contributed by atoms with Gasteiger partial charge in [0.05, 0.1) is 21.6 Å². The molecule has 0 bridgehead atoms. The first-order valence-corrected chi connectivity index (χ1v) is 28.4. The van der Waals surface area contributed by atoms with Crippen LogP contribution >= 0.6 is 0 Å². The Morgan fingerprint density at radius 1 is 0.328 bits per heavy atom. The summed E-state index contributed by atoms with van der Waals surface area (Å²) in [6, 6.07) is 69.0. The molecule has 0 atom stereocenters. The quantitative estimate of drug-likeness (QED) is 0.143. The van der Waals surface area contributed by atoms with Crippen LogP contribution in [-0.2, 0) is 5.41 Å². The molecule has 0 spiro atoms. The molecular formula is C56H49N3Si2. The van der Waals surface area contributed by atoms with E-state index in [9.17, 15) is 0 Å². The van der Waals surface area contributed by atoms with Crippen LogP contribution < -0.4 is 10.4 Å². The average Bonchev–Trinajstić information content (AvgIpc) is 3.59. The van der Waals surface area contributed by atoms with E-state index in [1.165, 1.54) is 54.9 Å². The maximum Gasteiger partial charge on any atom is 0.164 e. The molecule has 10 rings (SSSR count). The molecule has 5 heteroatoms. The van der Waals surface area contributed by atoms with Crippen LogP contribution in [0.3, 0.4) is 0 Å². The van der Waals surface area contributed by atoms with E-state index in [-0.39, 0.29) is 0 Å². The highest BCUT2D eigenvalue weighted by Gasteiger charge is 2.46. The third-order valence-corrected chi connectivity index (χ3v) is 16.7. The van der Waals surface area contributed by atoms with Crippen LogP contribution in [0.2, 0.25) is 39.3 Å². The first-order valence-electron chi connectivity index (χ1n) is 21.4. The van der Waals surface area contributed by atoms with Gasteiger partial charge in [0.25, 0.3) is 0 Å². The zero-order valence-corrected chi connectivity index (χ0v) is 37.7. The monoisotopic (exact) mass is 819 g/mol. The fourth-order valence-electron chi connectivity index (χ4n) is 9.35. The number of fused-ring (bicyclic) bond motifs is 4. The highest BCUT2D eigenvalue weighted by molar-refractivity contribution is 6.89. The minimum absolute atomic E-state index is 0.474. The molecular weight excluding hydrogens is 771 g/mol. The molecule has 61 heavy (non-hydrogen) atoms. The van der Waals surface area contributed by atoms with Crippen molar-refractivity contribution < 1.29 is 0 Å². The zero-order chi connectivity index (χ0) is 41.9. The Labute approximate surface area is 361 Å². The molecule has 0 saturated heterocycles. The van der Waals surface area contributed by atoms with E-state index in [0.29, 0.717) is 17.5 Å². The molecule has 1 aliphatic rings. The highest BCUT2D eigenvalue weighted by atomic mass is 28.3. The highest BCUT2D eigenvalue weighted by Crippen LogP contribution is 2.57. The van der Waals surface area contributed by atoms with Crippen LogP contribution in [-0.4, -0.2) is 31.1 Å². The second-order valence-electron chi connectivity index (χ2n) is 18.5. The Balaban J connectivity index is 1.15. The van der Waals surface area contributed by atoms with Crippen molar-refractivity contribution >= 4 is 37.3 Å². The summed E-state index contributed by atoms with van der Waals surface area (Å²) >= 11 is 0. The fourth-order valence-corrected chi connectivity index (χ4v) is 11.7. The summed E-state index contributed by atoms with van der Waals surface area (Å²) in [7, 11) is -2.97. The van der Waals surface area contributed by atoms with Crippen LogP contribution in [0.25, 0.3) is 67.2 Å². The molecule has 0 saturated carbocycles. The van der Waals surface area contributed by atoms with Gasteiger partial charge < -0.3 is 0 Å². The van der Waals surface area contributed by atoms with Crippen molar-refractivity contribution in [2.24, 2.45) is 0 Å². The van der Waals surface area contributed by atoms with Crippen LogP contribution in [0, 0.1) is 0 Å². The lowest BCUT2D eigenvalue weighted by Crippen LogP contribution is -2.37. The van der Waals surface area contributed by atoms with E-state index in [4.69, 9.17) is 15.0 Å². The van der Waals surface area contributed by atoms with Crippen molar-refractivity contribution in [2.75, 3.05) is 0 Å². The second kappa shape index (κ2) is 14.9. The van der Waals surface area contributed by atoms with Crippen molar-refractivity contribution in [3.05, 3.63) is 210 Å². The molecule has 1 aliphatic carbocycles. The Bertz CT molecular complexity index is 2960. The van der Waals surface area contributed by atoms with E-state index >= 15 is 0 Å². The lowest BCUT2D eigenvalue weighted by Gasteiger charge is -2.34. The molecule has 0 radical (unpaired) electrons. The van der Waals surface area contributed by atoms with Gasteiger partial charge in [-0.05, 0) is 67.4 Å². The number of hydrogen-bond donors (Lipinski definition) is 0. The van der Waals surface area contributed by atoms with Gasteiger partial charge in [0.2, 0.25) is 0 Å². The van der Waals surface area contributed by atoms with Gasteiger partial charge in [-0.3, -0.25) is 0 Å². The topological polar surface area (TPSA) is 38.7 Å². The lowest BCUT2D eigenvalue weighted by molar-refractivity contribution is 0.769. The van der Waals surface area contributed by atoms with E-state index in [1.54, 1.807) is 0 Å². The van der Waals surface area contributed by atoms with Crippen molar-refractivity contribution in [1.82, 2.24) is 15.0 Å². The van der Waals surface area contributed by atoms with Gasteiger partial charge in [-0.1, -0.05) is 226 Å². The predicted octanol–water partition coefficient (Wildman–Crippen LogP) is 13.1. The molecule has 0 unspecified atom stereocenters. The van der Waals surface area contributed by atoms with E-state index < -0.39 is 21.6 Å². The normalized spacial score (nSPS) is 13.2. The summed E-state index contributed by atoms with van der Waals surface area (Å²) in [5, 5.41) is 5.08. The SMILES string of the molecule is C[Si](C)(C)c1ccc(-c2nc(-c3ccc([Si](C)(C)C)cc3)nc(-c3ccc(-c4ccc5c(c4)C(c4ccccc4)(c4ccccc4)c4ccccc4-5)c4ccccc34)n2)cc1. The van der Waals surface area contributed by atoms with Gasteiger partial charge in [0.1, 0.15) is 0 Å². The van der Waals surface area contributed by atoms with Gasteiger partial charge in [0.15, 0.2) is 17.5 Å². The number of rotatable bonds is 8. The van der Waals surface area contributed by atoms with Gasteiger partial charge in [-0.15, -0.1) is 0 Å². The van der Waals surface area contributed by atoms with E-state index in [1.807, 2.05) is 0 Å². The molecule has 0 aliphatic heterocycles. The van der Waals surface area contributed by atoms with Gasteiger partial charge in [-0.2, -0.15) is 0 Å². The smallest absolute Gasteiger partial charge is 0.164 e. The Kier molecular flexibility index (Phi) is 9.43. The number of hydrogen-bond acceptors (Lipinski definition) is 3. The van der Waals surface area contributed by atoms with Crippen LogP contribution in [0.4, 0.5) is 0 Å². The minimum atomic E-state index is -1.48. The van der Waals surface area contributed by atoms with Gasteiger partial charge in [0, 0.05) is 16.7 Å². The number of benzene rings is 8. The van der Waals surface area contributed by atoms with Crippen molar-refractivity contribution in [3.8, 4) is 56.4 Å². The molecule has 0 amide bonds. The third kappa shape index (κ3) is 6.69. The number of nitrogens with zero attached hydrogens (tertiary/aromatic N) is 3. The van der Waals surface area contributed by atoms with Crippen LogP contribution in [0.15, 0.2) is 188 Å². The molecule has 3 nitrogen and oxygen atoms in total. The molecule has 0 fully saturated rings. The first kappa shape index (κ1) is 38.7. The van der Waals surface area contributed by atoms with Crippen LogP contribution in [0.5, 0.6) is 0 Å². The molecule has 8 aromatic carbocycles. The Hall–Kier alpha value is -6.54. The van der Waals surface area contributed by atoms with Crippen molar-refractivity contribution in [1.29, 1.82) is 0 Å². The van der Waals surface area contributed by atoms with Gasteiger partial charge in [-0.25, -0.2) is 15.0 Å². The van der Waals surface area contributed by atoms with Crippen LogP contribution in [0.1, 0.15) is 22.3 Å². The standard InChI is InChI=1S/C56H49N3Si2/c1-60(2,3)43-30-25-38(26-31-43)53-57-54(39-27-32-44(33-28-39)61(4,5)6)59-55(58-53)50-36-35-45(46-21-13-14-22-47(46)50)40-29-34-49-48-23-15-16-24-51(48)56(52(49)37-40,41-17-9-7-10-18-41)42-19-11-8-12-20-42/h7-37H,1-6H3. The average molecular weight is 820 g/mol. The molecule has 1 heterocycles. The van der Waals surface area contributed by atoms with Gasteiger partial charge >= 0.3 is 0 Å². The summed E-state index contributed by atoms with van der Waals surface area (Å²) in [5.74, 6) is 2.03. The maximum atomic E-state index is 5.25. The van der Waals surface area contributed by atoms with Crippen molar-refractivity contribution in [3.63, 3.8) is 0 Å². The zero-order valence-electron chi connectivity index (χ0n) is 35.7. The largest absolute Gasteiger partial charge is 0.208 e. The van der Waals surface area contributed by atoms with Crippen molar-refractivity contribution in [2.45, 2.75) is 44.7 Å². The second-order valence-corrected chi connectivity index (χ2v) is 28.6. The van der Waals surface area contributed by atoms with E-state index in [0.717, 1.165) is 27.5 Å². The summed E-state index contributed by atoms with van der Waals surface area (Å²) in [5.41, 5.74) is 12.5. The summed E-state index contributed by atoms with van der Waals surface area (Å²) in [4.78, 5) is 15.6. The molecule has 1 aromatic heterocycles. The molecule has 9 aromatic rings. The predicted molar refractivity (Wildman–Crippen MR) is 262 cm³/mol. The summed E-state index contributed by atoms with van der Waals surface area (Å²) in [6.07, 6.45) is 0. The fraction of sp³-hybridized carbons (Fsp3) is 0.125. The molecule has 296 valence electrons. The first-order chi connectivity index (χ1) is 29.5. The maximum absolute atomic E-state index is 5.25. The van der Waals surface area contributed by atoms with E-state index in [2.05, 4.69) is 227 Å². The number of aromatic nitrogens is 3.